The second-order valence-corrected chi connectivity index (χ2v) is 8.33. The molecule has 0 aromatic heterocycles. The Kier molecular flexibility index (Phi) is 7.39. The second kappa shape index (κ2) is 9.75. The molecule has 3 nitrogen and oxygen atoms in total. The fraction of sp³-hybridized carbons (Fsp3) is 0.739. The van der Waals surface area contributed by atoms with Gasteiger partial charge in [-0.3, -0.25) is 0 Å². The molecule has 1 aromatic rings. The van der Waals surface area contributed by atoms with E-state index in [2.05, 4.69) is 25.1 Å². The average Bonchev–Trinajstić information content (AvgIpc) is 2.87. The number of methoxy groups -OCH3 is 1. The van der Waals surface area contributed by atoms with E-state index in [1.165, 1.54) is 56.1 Å². The molecule has 146 valence electrons. The number of aliphatic hydroxyl groups is 1. The predicted octanol–water partition coefficient (Wildman–Crippen LogP) is 5.06. The lowest BCUT2D eigenvalue weighted by Gasteiger charge is -2.37. The normalized spacial score (nSPS) is 30.0. The van der Waals surface area contributed by atoms with Crippen LogP contribution in [0.1, 0.15) is 68.9 Å². The summed E-state index contributed by atoms with van der Waals surface area (Å²) in [4.78, 5) is 0. The van der Waals surface area contributed by atoms with Gasteiger partial charge in [0.15, 0.2) is 0 Å². The molecule has 0 bridgehead atoms. The third-order valence-electron chi connectivity index (χ3n) is 6.52. The summed E-state index contributed by atoms with van der Waals surface area (Å²) in [7, 11) is 1.72. The fourth-order valence-electron chi connectivity index (χ4n) is 5.03. The van der Waals surface area contributed by atoms with Crippen LogP contribution in [0, 0.1) is 18.8 Å². The quantitative estimate of drug-likeness (QED) is 0.721. The molecular formula is C23H36O3. The van der Waals surface area contributed by atoms with Crippen molar-refractivity contribution < 1.29 is 14.6 Å². The Balaban J connectivity index is 1.52. The summed E-state index contributed by atoms with van der Waals surface area (Å²) in [5, 5.41) is 9.96. The zero-order valence-electron chi connectivity index (χ0n) is 16.6. The van der Waals surface area contributed by atoms with Gasteiger partial charge in [0.05, 0.1) is 25.9 Å². The maximum Gasteiger partial charge on any atom is 0.121 e. The van der Waals surface area contributed by atoms with Crippen LogP contribution in [0.4, 0.5) is 0 Å². The number of benzene rings is 1. The highest BCUT2D eigenvalue weighted by Crippen LogP contribution is 2.39. The lowest BCUT2D eigenvalue weighted by Crippen LogP contribution is -2.34. The van der Waals surface area contributed by atoms with Gasteiger partial charge >= 0.3 is 0 Å². The van der Waals surface area contributed by atoms with E-state index in [0.717, 1.165) is 37.5 Å². The van der Waals surface area contributed by atoms with Crippen molar-refractivity contribution in [2.24, 2.45) is 11.8 Å². The molecule has 26 heavy (non-hydrogen) atoms. The number of hydrogen-bond donors (Lipinski definition) is 1. The third-order valence-corrected chi connectivity index (χ3v) is 6.52. The molecule has 0 heterocycles. The van der Waals surface area contributed by atoms with Crippen molar-refractivity contribution in [1.29, 1.82) is 0 Å². The molecule has 0 amide bonds. The van der Waals surface area contributed by atoms with Gasteiger partial charge in [-0.2, -0.15) is 0 Å². The molecule has 2 aliphatic carbocycles. The summed E-state index contributed by atoms with van der Waals surface area (Å²) in [6, 6.07) is 6.43. The Hall–Kier alpha value is -1.06. The molecule has 0 saturated heterocycles. The van der Waals surface area contributed by atoms with Gasteiger partial charge in [0.1, 0.15) is 5.75 Å². The van der Waals surface area contributed by atoms with E-state index in [-0.39, 0.29) is 6.10 Å². The third kappa shape index (κ3) is 5.23. The molecule has 4 unspecified atom stereocenters. The largest absolute Gasteiger partial charge is 0.496 e. The van der Waals surface area contributed by atoms with Crippen LogP contribution in [0.25, 0.3) is 0 Å². The molecule has 3 heteroatoms. The fourth-order valence-corrected chi connectivity index (χ4v) is 5.03. The van der Waals surface area contributed by atoms with Crippen molar-refractivity contribution >= 4 is 0 Å². The van der Waals surface area contributed by atoms with Gasteiger partial charge in [-0.25, -0.2) is 0 Å². The smallest absolute Gasteiger partial charge is 0.121 e. The van der Waals surface area contributed by atoms with Gasteiger partial charge in [0.25, 0.3) is 0 Å². The molecular weight excluding hydrogens is 324 g/mol. The van der Waals surface area contributed by atoms with E-state index < -0.39 is 0 Å². The van der Waals surface area contributed by atoms with Gasteiger partial charge in [-0.05, 0) is 80.9 Å². The SMILES string of the molecule is COc1ccc(CCOC2CCCCC2C2CCCC(O)CC2)cc1C. The summed E-state index contributed by atoms with van der Waals surface area (Å²) in [6.45, 7) is 2.91. The van der Waals surface area contributed by atoms with Gasteiger partial charge in [0.2, 0.25) is 0 Å². The monoisotopic (exact) mass is 360 g/mol. The summed E-state index contributed by atoms with van der Waals surface area (Å²) in [6.07, 6.45) is 12.1. The first-order valence-electron chi connectivity index (χ1n) is 10.6. The number of aliphatic hydroxyl groups excluding tert-OH is 1. The van der Waals surface area contributed by atoms with E-state index >= 15 is 0 Å². The van der Waals surface area contributed by atoms with Crippen LogP contribution in [0.2, 0.25) is 0 Å². The van der Waals surface area contributed by atoms with Crippen molar-refractivity contribution in [3.63, 3.8) is 0 Å². The van der Waals surface area contributed by atoms with Crippen molar-refractivity contribution in [1.82, 2.24) is 0 Å². The molecule has 2 saturated carbocycles. The minimum atomic E-state index is -0.0683. The lowest BCUT2D eigenvalue weighted by atomic mass is 9.75. The van der Waals surface area contributed by atoms with E-state index in [9.17, 15) is 5.11 Å². The Labute approximate surface area is 159 Å². The van der Waals surface area contributed by atoms with E-state index in [1.807, 2.05) is 0 Å². The molecule has 3 rings (SSSR count). The van der Waals surface area contributed by atoms with Gasteiger partial charge < -0.3 is 14.6 Å². The number of hydrogen-bond acceptors (Lipinski definition) is 3. The molecule has 0 spiro atoms. The number of ether oxygens (including phenoxy) is 2. The average molecular weight is 361 g/mol. The maximum atomic E-state index is 9.96. The van der Waals surface area contributed by atoms with Crippen LogP contribution in [0.15, 0.2) is 18.2 Å². The first-order valence-corrected chi connectivity index (χ1v) is 10.6. The Morgan fingerprint density at radius 3 is 2.65 bits per heavy atom. The standard InChI is InChI=1S/C23H36O3/c1-17-16-18(10-13-22(17)25-2)14-15-26-23-9-4-3-8-21(23)19-6-5-7-20(24)12-11-19/h10,13,16,19-21,23-24H,3-9,11-12,14-15H2,1-2H3. The van der Waals surface area contributed by atoms with E-state index in [4.69, 9.17) is 9.47 Å². The summed E-state index contributed by atoms with van der Waals surface area (Å²) < 4.78 is 11.8. The lowest BCUT2D eigenvalue weighted by molar-refractivity contribution is -0.0325. The highest BCUT2D eigenvalue weighted by molar-refractivity contribution is 5.36. The van der Waals surface area contributed by atoms with Crippen LogP contribution in [-0.4, -0.2) is 31.0 Å². The van der Waals surface area contributed by atoms with Crippen molar-refractivity contribution in [3.8, 4) is 5.75 Å². The first kappa shape index (κ1) is 19.7. The Bertz CT molecular complexity index is 556. The summed E-state index contributed by atoms with van der Waals surface area (Å²) in [5.74, 6) is 2.41. The van der Waals surface area contributed by atoms with Crippen LogP contribution >= 0.6 is 0 Å². The van der Waals surface area contributed by atoms with Crippen molar-refractivity contribution in [3.05, 3.63) is 29.3 Å². The van der Waals surface area contributed by atoms with Gasteiger partial charge in [0, 0.05) is 0 Å². The van der Waals surface area contributed by atoms with Crippen molar-refractivity contribution in [2.75, 3.05) is 13.7 Å². The van der Waals surface area contributed by atoms with Crippen LogP contribution in [-0.2, 0) is 11.2 Å². The highest BCUT2D eigenvalue weighted by Gasteiger charge is 2.33. The van der Waals surface area contributed by atoms with Gasteiger partial charge in [-0.15, -0.1) is 0 Å². The van der Waals surface area contributed by atoms with Crippen LogP contribution in [0.3, 0.4) is 0 Å². The summed E-state index contributed by atoms with van der Waals surface area (Å²) in [5.41, 5.74) is 2.52. The zero-order valence-corrected chi connectivity index (χ0v) is 16.6. The molecule has 1 aromatic carbocycles. The van der Waals surface area contributed by atoms with Crippen molar-refractivity contribution in [2.45, 2.75) is 83.3 Å². The molecule has 2 aliphatic rings. The van der Waals surface area contributed by atoms with Crippen LogP contribution < -0.4 is 4.74 Å². The Morgan fingerprint density at radius 1 is 1.00 bits per heavy atom. The van der Waals surface area contributed by atoms with E-state index in [1.54, 1.807) is 7.11 Å². The van der Waals surface area contributed by atoms with Gasteiger partial charge in [-0.1, -0.05) is 31.4 Å². The van der Waals surface area contributed by atoms with E-state index in [0.29, 0.717) is 12.0 Å². The maximum absolute atomic E-state index is 9.96. The first-order chi connectivity index (χ1) is 12.7. The Morgan fingerprint density at radius 2 is 1.85 bits per heavy atom. The zero-order chi connectivity index (χ0) is 18.4. The molecule has 2 fully saturated rings. The minimum absolute atomic E-state index is 0.0683. The predicted molar refractivity (Wildman–Crippen MR) is 106 cm³/mol. The molecule has 4 atom stereocenters. The second-order valence-electron chi connectivity index (χ2n) is 8.33. The molecule has 1 N–H and O–H groups in total. The van der Waals surface area contributed by atoms with Crippen LogP contribution in [0.5, 0.6) is 5.75 Å². The molecule has 0 aliphatic heterocycles. The topological polar surface area (TPSA) is 38.7 Å². The minimum Gasteiger partial charge on any atom is -0.496 e. The number of rotatable bonds is 6. The number of aryl methyl sites for hydroxylation is 1. The highest BCUT2D eigenvalue weighted by atomic mass is 16.5. The molecule has 0 radical (unpaired) electrons. The summed E-state index contributed by atoms with van der Waals surface area (Å²) >= 11 is 0.